The van der Waals surface area contributed by atoms with Crippen molar-refractivity contribution >= 4 is 44.6 Å². The molecule has 0 bridgehead atoms. The number of alkyl halides is 3. The fraction of sp³-hybridized carbons (Fsp3) is 0.156. The molecule has 0 saturated heterocycles. The molecule has 0 N–H and O–H groups in total. The summed E-state index contributed by atoms with van der Waals surface area (Å²) < 4.78 is 53.8. The Morgan fingerprint density at radius 2 is 1.79 bits per heavy atom. The zero-order valence-corrected chi connectivity index (χ0v) is 25.3. The molecule has 0 spiro atoms. The van der Waals surface area contributed by atoms with Gasteiger partial charge in [0.15, 0.2) is 17.3 Å². The maximum Gasteiger partial charge on any atom is 0.416 e. The predicted octanol–water partition coefficient (Wildman–Crippen LogP) is 8.67. The lowest BCUT2D eigenvalue weighted by molar-refractivity contribution is -0.137. The third-order valence-corrected chi connectivity index (χ3v) is 7.88. The van der Waals surface area contributed by atoms with E-state index in [1.54, 1.807) is 30.3 Å². The number of benzene rings is 4. The number of ether oxygens (including phenoxy) is 2. The van der Waals surface area contributed by atoms with E-state index in [0.29, 0.717) is 33.7 Å². The maximum atomic E-state index is 13.5. The van der Waals surface area contributed by atoms with Gasteiger partial charge in [-0.15, -0.1) is 0 Å². The number of para-hydroxylation sites is 1. The lowest BCUT2D eigenvalue weighted by atomic mass is 10.1. The Labute approximate surface area is 258 Å². The van der Waals surface area contributed by atoms with Crippen LogP contribution in [0.4, 0.5) is 13.2 Å². The van der Waals surface area contributed by atoms with E-state index in [-0.39, 0.29) is 28.4 Å². The number of rotatable bonds is 8. The molecule has 11 heteroatoms. The van der Waals surface area contributed by atoms with Crippen LogP contribution in [0.15, 0.2) is 93.2 Å². The van der Waals surface area contributed by atoms with Crippen LogP contribution < -0.4 is 15.0 Å². The number of hydrogen-bond acceptors (Lipinski definition) is 5. The van der Waals surface area contributed by atoms with Gasteiger partial charge in [-0.25, -0.2) is 4.98 Å². The molecule has 220 valence electrons. The summed E-state index contributed by atoms with van der Waals surface area (Å²) in [4.78, 5) is 18.1. The van der Waals surface area contributed by atoms with Crippen LogP contribution in [-0.4, -0.2) is 22.5 Å². The van der Waals surface area contributed by atoms with Gasteiger partial charge in [-0.2, -0.15) is 22.9 Å². The highest BCUT2D eigenvalue weighted by Gasteiger charge is 2.31. The van der Waals surface area contributed by atoms with Crippen molar-refractivity contribution in [3.63, 3.8) is 0 Å². The van der Waals surface area contributed by atoms with Gasteiger partial charge >= 0.3 is 6.18 Å². The van der Waals surface area contributed by atoms with Crippen LogP contribution in [0.2, 0.25) is 5.02 Å². The lowest BCUT2D eigenvalue weighted by Crippen LogP contribution is -2.20. The van der Waals surface area contributed by atoms with Crippen LogP contribution in [0.5, 0.6) is 11.5 Å². The molecule has 1 aromatic heterocycles. The van der Waals surface area contributed by atoms with Crippen molar-refractivity contribution in [3.8, 4) is 22.9 Å². The van der Waals surface area contributed by atoms with Crippen LogP contribution in [-0.2, 0) is 12.8 Å². The molecule has 0 atom stereocenters. The minimum absolute atomic E-state index is 0.0589. The van der Waals surface area contributed by atoms with Gasteiger partial charge in [-0.3, -0.25) is 4.79 Å². The molecule has 0 aliphatic rings. The molecule has 5 aromatic rings. The second kappa shape index (κ2) is 12.6. The maximum absolute atomic E-state index is 13.5. The first-order valence-electron chi connectivity index (χ1n) is 13.1. The topological polar surface area (TPSA) is 65.7 Å². The molecule has 5 rings (SSSR count). The SMILES string of the molecule is CCOc1cc(C=Nn2c(-c3cccc(C(F)(F)F)c3)nc3ccccc3c2=O)c(Br)c(Cl)c1OCc1cccc(C)c1. The highest BCUT2D eigenvalue weighted by Crippen LogP contribution is 2.43. The zero-order chi connectivity index (χ0) is 30.7. The molecular weight excluding hydrogens is 647 g/mol. The molecule has 0 radical (unpaired) electrons. The largest absolute Gasteiger partial charge is 0.490 e. The summed E-state index contributed by atoms with van der Waals surface area (Å²) in [7, 11) is 0. The summed E-state index contributed by atoms with van der Waals surface area (Å²) in [6, 6.07) is 20.7. The van der Waals surface area contributed by atoms with E-state index < -0.39 is 17.3 Å². The highest BCUT2D eigenvalue weighted by atomic mass is 79.9. The Bertz CT molecular complexity index is 1910. The van der Waals surface area contributed by atoms with Gasteiger partial charge in [-0.1, -0.05) is 65.7 Å². The van der Waals surface area contributed by atoms with Crippen LogP contribution in [0.1, 0.15) is 29.2 Å². The first-order valence-corrected chi connectivity index (χ1v) is 14.3. The fourth-order valence-electron chi connectivity index (χ4n) is 4.43. The lowest BCUT2D eigenvalue weighted by Gasteiger charge is -2.16. The van der Waals surface area contributed by atoms with Gasteiger partial charge in [0.1, 0.15) is 11.6 Å². The standard InChI is InChI=1S/C32H24BrClF3N3O3/c1-3-42-26-16-22(27(33)28(34)29(26)43-18-20-9-6-8-19(2)14-20)17-38-40-30(21-10-7-11-23(15-21)32(35,36)37)39-25-13-5-4-12-24(25)31(40)41/h4-17H,3,18H2,1-2H3. The molecule has 0 fully saturated rings. The van der Waals surface area contributed by atoms with Crippen molar-refractivity contribution in [1.29, 1.82) is 0 Å². The minimum Gasteiger partial charge on any atom is -0.490 e. The predicted molar refractivity (Wildman–Crippen MR) is 165 cm³/mol. The second-order valence-electron chi connectivity index (χ2n) is 9.52. The average molecular weight is 671 g/mol. The van der Waals surface area contributed by atoms with Crippen LogP contribution in [0.3, 0.4) is 0 Å². The molecule has 0 saturated carbocycles. The molecule has 0 aliphatic heterocycles. The zero-order valence-electron chi connectivity index (χ0n) is 23.0. The van der Waals surface area contributed by atoms with Crippen molar-refractivity contribution < 1.29 is 22.6 Å². The van der Waals surface area contributed by atoms with Gasteiger partial charge in [-0.05, 0) is 65.7 Å². The molecule has 0 unspecified atom stereocenters. The number of aromatic nitrogens is 2. The van der Waals surface area contributed by atoms with Crippen LogP contribution >= 0.6 is 27.5 Å². The Hall–Kier alpha value is -4.15. The summed E-state index contributed by atoms with van der Waals surface area (Å²) in [6.45, 7) is 4.38. The normalized spacial score (nSPS) is 11.8. The first-order chi connectivity index (χ1) is 20.6. The van der Waals surface area contributed by atoms with E-state index in [1.165, 1.54) is 18.3 Å². The highest BCUT2D eigenvalue weighted by molar-refractivity contribution is 9.10. The number of aryl methyl sites for hydroxylation is 1. The molecule has 1 heterocycles. The Morgan fingerprint density at radius 1 is 1.02 bits per heavy atom. The molecule has 0 aliphatic carbocycles. The van der Waals surface area contributed by atoms with Crippen molar-refractivity contribution in [1.82, 2.24) is 9.66 Å². The first kappa shape index (κ1) is 30.3. The van der Waals surface area contributed by atoms with Gasteiger partial charge in [0, 0.05) is 15.6 Å². The van der Waals surface area contributed by atoms with Gasteiger partial charge in [0.05, 0.1) is 29.3 Å². The van der Waals surface area contributed by atoms with Gasteiger partial charge in [0.2, 0.25) is 0 Å². The van der Waals surface area contributed by atoms with Crippen LogP contribution in [0, 0.1) is 6.92 Å². The van der Waals surface area contributed by atoms with E-state index in [0.717, 1.165) is 27.9 Å². The average Bonchev–Trinajstić information content (AvgIpc) is 2.98. The van der Waals surface area contributed by atoms with E-state index >= 15 is 0 Å². The summed E-state index contributed by atoms with van der Waals surface area (Å²) in [5.41, 5.74) is 1.44. The van der Waals surface area contributed by atoms with Crippen molar-refractivity contribution in [2.75, 3.05) is 6.61 Å². The monoisotopic (exact) mass is 669 g/mol. The van der Waals surface area contributed by atoms with Gasteiger partial charge in [0.25, 0.3) is 5.56 Å². The quantitative estimate of drug-likeness (QED) is 0.155. The number of hydrogen-bond donors (Lipinski definition) is 0. The Kier molecular flexibility index (Phi) is 8.89. The third-order valence-electron chi connectivity index (χ3n) is 6.44. The smallest absolute Gasteiger partial charge is 0.416 e. The fourth-order valence-corrected chi connectivity index (χ4v) is 5.08. The Balaban J connectivity index is 1.60. The summed E-state index contributed by atoms with van der Waals surface area (Å²) >= 11 is 10.2. The van der Waals surface area contributed by atoms with E-state index in [1.807, 2.05) is 38.1 Å². The minimum atomic E-state index is -4.58. The molecular formula is C32H24BrClF3N3O3. The molecule has 4 aromatic carbocycles. The summed E-state index contributed by atoms with van der Waals surface area (Å²) in [6.07, 6.45) is -3.22. The van der Waals surface area contributed by atoms with E-state index in [4.69, 9.17) is 21.1 Å². The Morgan fingerprint density at radius 3 is 2.53 bits per heavy atom. The van der Waals surface area contributed by atoms with Crippen molar-refractivity contribution in [2.24, 2.45) is 5.10 Å². The number of nitrogens with zero attached hydrogens (tertiary/aromatic N) is 3. The van der Waals surface area contributed by atoms with Crippen molar-refractivity contribution in [3.05, 3.63) is 121 Å². The number of halogens is 5. The summed E-state index contributed by atoms with van der Waals surface area (Å²) in [5, 5.41) is 4.86. The number of fused-ring (bicyclic) bond motifs is 1. The third kappa shape index (κ3) is 6.60. The second-order valence-corrected chi connectivity index (χ2v) is 10.7. The van der Waals surface area contributed by atoms with E-state index in [9.17, 15) is 18.0 Å². The van der Waals surface area contributed by atoms with Crippen LogP contribution in [0.25, 0.3) is 22.3 Å². The molecule has 0 amide bonds. The molecule has 43 heavy (non-hydrogen) atoms. The van der Waals surface area contributed by atoms with Gasteiger partial charge < -0.3 is 9.47 Å². The van der Waals surface area contributed by atoms with E-state index in [2.05, 4.69) is 26.0 Å². The van der Waals surface area contributed by atoms with Crippen molar-refractivity contribution in [2.45, 2.75) is 26.6 Å². The summed E-state index contributed by atoms with van der Waals surface area (Å²) in [5.74, 6) is 0.617. The molecule has 6 nitrogen and oxygen atoms in total.